The summed E-state index contributed by atoms with van der Waals surface area (Å²) in [5.74, 6) is -0.845. The van der Waals surface area contributed by atoms with E-state index in [9.17, 15) is 23.1 Å². The number of nitrogens with zero attached hydrogens (tertiary/aromatic N) is 2. The third-order valence-electron chi connectivity index (χ3n) is 4.35. The quantitative estimate of drug-likeness (QED) is 0.838. The summed E-state index contributed by atoms with van der Waals surface area (Å²) < 4.78 is 48.9. The maximum Gasteiger partial charge on any atom is 0.449 e. The van der Waals surface area contributed by atoms with Crippen LogP contribution in [0, 0.1) is 0 Å². The van der Waals surface area contributed by atoms with Crippen LogP contribution in [-0.4, -0.2) is 40.7 Å². The van der Waals surface area contributed by atoms with Gasteiger partial charge in [-0.05, 0) is 24.1 Å². The van der Waals surface area contributed by atoms with Gasteiger partial charge in [0.2, 0.25) is 11.6 Å². The number of hydrogen-bond acceptors (Lipinski definition) is 6. The maximum absolute atomic E-state index is 12.9. The molecule has 10 heteroatoms. The van der Waals surface area contributed by atoms with Gasteiger partial charge in [0.25, 0.3) is 5.56 Å². The van der Waals surface area contributed by atoms with E-state index in [4.69, 9.17) is 9.47 Å². The number of aromatic nitrogens is 2. The second-order valence-electron chi connectivity index (χ2n) is 6.15. The van der Waals surface area contributed by atoms with Gasteiger partial charge >= 0.3 is 6.18 Å². The molecular formula is C17H18F3N3O4. The van der Waals surface area contributed by atoms with Crippen LogP contribution in [0.2, 0.25) is 0 Å². The number of phenols is 1. The van der Waals surface area contributed by atoms with Crippen molar-refractivity contribution in [2.75, 3.05) is 20.8 Å². The molecule has 1 aliphatic rings. The molecule has 0 fully saturated rings. The van der Waals surface area contributed by atoms with E-state index in [1.165, 1.54) is 20.3 Å². The Bertz CT molecular complexity index is 912. The Labute approximate surface area is 152 Å². The average molecular weight is 385 g/mol. The highest BCUT2D eigenvalue weighted by Gasteiger charge is 2.36. The van der Waals surface area contributed by atoms with E-state index < -0.39 is 17.6 Å². The van der Waals surface area contributed by atoms with Crippen LogP contribution in [0.15, 0.2) is 16.9 Å². The third kappa shape index (κ3) is 3.85. The summed E-state index contributed by atoms with van der Waals surface area (Å²) in [5, 5.41) is 10.0. The van der Waals surface area contributed by atoms with Crippen LogP contribution >= 0.6 is 0 Å². The summed E-state index contributed by atoms with van der Waals surface area (Å²) >= 11 is 0. The molecule has 2 aromatic rings. The van der Waals surface area contributed by atoms with Crippen LogP contribution in [0.5, 0.6) is 17.2 Å². The summed E-state index contributed by atoms with van der Waals surface area (Å²) in [6.07, 6.45) is -4.43. The highest BCUT2D eigenvalue weighted by atomic mass is 19.4. The van der Waals surface area contributed by atoms with Crippen LogP contribution in [0.3, 0.4) is 0 Å². The average Bonchev–Trinajstić information content (AvgIpc) is 2.60. The van der Waals surface area contributed by atoms with E-state index in [1.54, 1.807) is 11.1 Å². The van der Waals surface area contributed by atoms with Gasteiger partial charge in [-0.1, -0.05) is 0 Å². The molecule has 146 valence electrons. The molecule has 1 aliphatic heterocycles. The van der Waals surface area contributed by atoms with Gasteiger partial charge in [0.05, 0.1) is 19.9 Å². The monoisotopic (exact) mass is 385 g/mol. The van der Waals surface area contributed by atoms with Crippen molar-refractivity contribution in [3.63, 3.8) is 0 Å². The van der Waals surface area contributed by atoms with Crippen molar-refractivity contribution in [1.82, 2.24) is 14.9 Å². The van der Waals surface area contributed by atoms with Gasteiger partial charge in [0, 0.05) is 25.2 Å². The number of nitrogens with one attached hydrogen (secondary N) is 1. The van der Waals surface area contributed by atoms with E-state index in [-0.39, 0.29) is 35.7 Å². The molecule has 0 spiro atoms. The summed E-state index contributed by atoms with van der Waals surface area (Å²) in [6, 6.07) is 3.18. The number of hydrogen-bond donors (Lipinski definition) is 2. The number of alkyl halides is 3. The minimum Gasteiger partial charge on any atom is -0.504 e. The molecule has 0 atom stereocenters. The Hall–Kier alpha value is -2.75. The second kappa shape index (κ2) is 7.10. The molecule has 0 saturated carbocycles. The van der Waals surface area contributed by atoms with E-state index in [0.717, 1.165) is 0 Å². The van der Waals surface area contributed by atoms with E-state index >= 15 is 0 Å². The predicted molar refractivity (Wildman–Crippen MR) is 88.9 cm³/mol. The van der Waals surface area contributed by atoms with Crippen LogP contribution in [0.1, 0.15) is 22.6 Å². The first-order valence-electron chi connectivity index (χ1n) is 8.08. The minimum absolute atomic E-state index is 0.0947. The number of aromatic hydroxyl groups is 1. The molecule has 0 aliphatic carbocycles. The van der Waals surface area contributed by atoms with Gasteiger partial charge < -0.3 is 19.6 Å². The van der Waals surface area contributed by atoms with Crippen LogP contribution in [0.4, 0.5) is 13.2 Å². The molecule has 27 heavy (non-hydrogen) atoms. The molecule has 0 bridgehead atoms. The first-order valence-corrected chi connectivity index (χ1v) is 8.08. The molecule has 3 rings (SSSR count). The molecule has 0 unspecified atom stereocenters. The number of rotatable bonds is 4. The van der Waals surface area contributed by atoms with Crippen molar-refractivity contribution in [3.8, 4) is 17.2 Å². The Balaban J connectivity index is 1.86. The summed E-state index contributed by atoms with van der Waals surface area (Å²) in [5.41, 5.74) is 0.321. The van der Waals surface area contributed by atoms with Crippen molar-refractivity contribution in [2.45, 2.75) is 25.7 Å². The summed E-state index contributed by atoms with van der Waals surface area (Å²) in [4.78, 5) is 19.2. The minimum atomic E-state index is -4.72. The van der Waals surface area contributed by atoms with E-state index in [2.05, 4.69) is 4.98 Å². The van der Waals surface area contributed by atoms with Gasteiger partial charge in [-0.15, -0.1) is 0 Å². The van der Waals surface area contributed by atoms with Crippen molar-refractivity contribution < 1.29 is 27.8 Å². The fourth-order valence-corrected chi connectivity index (χ4v) is 3.11. The fraction of sp³-hybridized carbons (Fsp3) is 0.412. The van der Waals surface area contributed by atoms with Crippen LogP contribution in [-0.2, 0) is 25.7 Å². The van der Waals surface area contributed by atoms with Gasteiger partial charge in [-0.25, -0.2) is 4.98 Å². The number of aromatic amines is 1. The zero-order valence-electron chi connectivity index (χ0n) is 14.7. The highest BCUT2D eigenvalue weighted by Crippen LogP contribution is 2.38. The summed E-state index contributed by atoms with van der Waals surface area (Å²) in [6.45, 7) is 0.902. The van der Waals surface area contributed by atoms with Gasteiger partial charge in [0.1, 0.15) is 0 Å². The van der Waals surface area contributed by atoms with Gasteiger partial charge in [-0.2, -0.15) is 13.2 Å². The standard InChI is InChI=1S/C17H18F3N3O4/c1-26-13-6-9(5-12(24)14(13)27-2)7-23-4-3-10-11(8-23)21-16(17(18,19)20)22-15(10)25/h5-6,24H,3-4,7-8H2,1-2H3,(H,21,22,25). The molecule has 0 saturated heterocycles. The largest absolute Gasteiger partial charge is 0.504 e. The number of methoxy groups -OCH3 is 2. The molecular weight excluding hydrogens is 367 g/mol. The number of benzene rings is 1. The Morgan fingerprint density at radius 3 is 2.67 bits per heavy atom. The first-order chi connectivity index (χ1) is 12.7. The normalized spacial score (nSPS) is 14.7. The zero-order valence-corrected chi connectivity index (χ0v) is 14.7. The maximum atomic E-state index is 12.9. The smallest absolute Gasteiger partial charge is 0.449 e. The van der Waals surface area contributed by atoms with Crippen molar-refractivity contribution in [3.05, 3.63) is 45.1 Å². The number of H-pyrrole nitrogens is 1. The first kappa shape index (κ1) is 19.0. The number of phenolic OH excluding ortho intramolecular Hbond substituents is 1. The van der Waals surface area contributed by atoms with Crippen molar-refractivity contribution in [1.29, 1.82) is 0 Å². The molecule has 2 heterocycles. The lowest BCUT2D eigenvalue weighted by Gasteiger charge is -2.28. The Morgan fingerprint density at radius 1 is 1.30 bits per heavy atom. The Kier molecular flexibility index (Phi) is 5.01. The molecule has 0 amide bonds. The van der Waals surface area contributed by atoms with E-state index in [0.29, 0.717) is 24.4 Å². The van der Waals surface area contributed by atoms with Crippen molar-refractivity contribution >= 4 is 0 Å². The molecule has 1 aromatic carbocycles. The van der Waals surface area contributed by atoms with Crippen LogP contribution in [0.25, 0.3) is 0 Å². The molecule has 2 N–H and O–H groups in total. The lowest BCUT2D eigenvalue weighted by atomic mass is 10.1. The SMILES string of the molecule is COc1cc(CN2CCc3c(nc(C(F)(F)F)[nH]c3=O)C2)cc(O)c1OC. The second-order valence-corrected chi connectivity index (χ2v) is 6.15. The fourth-order valence-electron chi connectivity index (χ4n) is 3.11. The highest BCUT2D eigenvalue weighted by molar-refractivity contribution is 5.53. The molecule has 1 aromatic heterocycles. The molecule has 7 nitrogen and oxygen atoms in total. The zero-order chi connectivity index (χ0) is 19.8. The Morgan fingerprint density at radius 2 is 2.04 bits per heavy atom. The van der Waals surface area contributed by atoms with Crippen LogP contribution < -0.4 is 15.0 Å². The number of fused-ring (bicyclic) bond motifs is 1. The van der Waals surface area contributed by atoms with E-state index in [1.807, 2.05) is 4.90 Å². The topological polar surface area (TPSA) is 87.7 Å². The number of halogens is 3. The lowest BCUT2D eigenvalue weighted by Crippen LogP contribution is -2.36. The predicted octanol–water partition coefficient (Wildman–Crippen LogP) is 2.07. The van der Waals surface area contributed by atoms with Gasteiger partial charge in [-0.3, -0.25) is 9.69 Å². The summed E-state index contributed by atoms with van der Waals surface area (Å²) in [7, 11) is 2.84. The molecule has 0 radical (unpaired) electrons. The lowest BCUT2D eigenvalue weighted by molar-refractivity contribution is -0.145. The number of ether oxygens (including phenoxy) is 2. The van der Waals surface area contributed by atoms with Gasteiger partial charge in [0.15, 0.2) is 11.5 Å². The van der Waals surface area contributed by atoms with Crippen molar-refractivity contribution in [2.24, 2.45) is 0 Å². The third-order valence-corrected chi connectivity index (χ3v) is 4.35.